The lowest BCUT2D eigenvalue weighted by Crippen LogP contribution is -2.42. The number of amides is 1. The molecule has 0 aliphatic heterocycles. The number of carbonyl (C=O) groups is 1. The van der Waals surface area contributed by atoms with Crippen LogP contribution in [0.1, 0.15) is 32.0 Å². The first-order valence-electron chi connectivity index (χ1n) is 9.39. The van der Waals surface area contributed by atoms with Crippen molar-refractivity contribution in [3.8, 4) is 11.3 Å². The van der Waals surface area contributed by atoms with E-state index in [9.17, 15) is 18.0 Å². The number of aryl methyl sites for hydroxylation is 1. The first-order valence-corrected chi connectivity index (χ1v) is 9.39. The second-order valence-electron chi connectivity index (χ2n) is 8.08. The fourth-order valence-corrected chi connectivity index (χ4v) is 2.82. The maximum Gasteiger partial charge on any atom is 0.433 e. The number of alkyl halides is 3. The van der Waals surface area contributed by atoms with Gasteiger partial charge in [0.25, 0.3) is 0 Å². The van der Waals surface area contributed by atoms with Gasteiger partial charge < -0.3 is 10.6 Å². The van der Waals surface area contributed by atoms with Crippen LogP contribution in [0.25, 0.3) is 11.3 Å². The minimum Gasteiger partial charge on any atom is -0.350 e. The Balaban J connectivity index is 1.79. The van der Waals surface area contributed by atoms with Crippen molar-refractivity contribution in [1.82, 2.24) is 30.3 Å². The molecule has 2 N–H and O–H groups in total. The van der Waals surface area contributed by atoms with E-state index in [0.717, 1.165) is 17.8 Å². The molecule has 0 unspecified atom stereocenters. The lowest BCUT2D eigenvalue weighted by Gasteiger charge is -2.20. The number of rotatable bonds is 5. The van der Waals surface area contributed by atoms with Crippen molar-refractivity contribution in [3.63, 3.8) is 0 Å². The minimum atomic E-state index is -4.56. The van der Waals surface area contributed by atoms with Crippen LogP contribution in [0, 0.1) is 6.92 Å². The highest BCUT2D eigenvalue weighted by atomic mass is 19.4. The monoisotopic (exact) mass is 433 g/mol. The quantitative estimate of drug-likeness (QED) is 0.637. The smallest absolute Gasteiger partial charge is 0.350 e. The minimum absolute atomic E-state index is 0.0132. The van der Waals surface area contributed by atoms with Crippen molar-refractivity contribution < 1.29 is 18.0 Å². The van der Waals surface area contributed by atoms with Crippen LogP contribution in [0.2, 0.25) is 0 Å². The van der Waals surface area contributed by atoms with Crippen LogP contribution < -0.4 is 10.6 Å². The van der Waals surface area contributed by atoms with Crippen molar-refractivity contribution in [2.24, 2.45) is 0 Å². The summed E-state index contributed by atoms with van der Waals surface area (Å²) in [6, 6.07) is 6.09. The van der Waals surface area contributed by atoms with Crippen molar-refractivity contribution in [2.45, 2.75) is 46.0 Å². The van der Waals surface area contributed by atoms with Gasteiger partial charge in [0.15, 0.2) is 0 Å². The summed E-state index contributed by atoms with van der Waals surface area (Å²) < 4.78 is 40.0. The number of aromatic nitrogens is 5. The van der Waals surface area contributed by atoms with Gasteiger partial charge in [-0.15, -0.1) is 5.10 Å². The highest BCUT2D eigenvalue weighted by Crippen LogP contribution is 2.29. The third-order valence-corrected chi connectivity index (χ3v) is 3.93. The number of anilines is 2. The average Bonchev–Trinajstić information content (AvgIpc) is 3.07. The summed E-state index contributed by atoms with van der Waals surface area (Å²) >= 11 is 0. The average molecular weight is 433 g/mol. The Hall–Kier alpha value is -3.50. The van der Waals surface area contributed by atoms with Gasteiger partial charge in [-0.25, -0.2) is 14.6 Å². The zero-order valence-corrected chi connectivity index (χ0v) is 17.4. The number of nitrogens with zero attached hydrogens (tertiary/aromatic N) is 5. The highest BCUT2D eigenvalue weighted by Gasteiger charge is 2.32. The third-order valence-electron chi connectivity index (χ3n) is 3.93. The number of hydrogen-bond donors (Lipinski definition) is 2. The second kappa shape index (κ2) is 8.32. The zero-order valence-electron chi connectivity index (χ0n) is 17.4. The van der Waals surface area contributed by atoms with Gasteiger partial charge in [0, 0.05) is 23.0 Å². The molecule has 1 aromatic carbocycles. The fraction of sp³-hybridized carbons (Fsp3) is 0.350. The molecule has 0 aliphatic carbocycles. The lowest BCUT2D eigenvalue weighted by atomic mass is 10.1. The van der Waals surface area contributed by atoms with E-state index < -0.39 is 11.9 Å². The molecule has 0 aliphatic rings. The molecule has 0 saturated carbocycles. The number of hydrogen-bond acceptors (Lipinski definition) is 6. The van der Waals surface area contributed by atoms with Gasteiger partial charge in [-0.05, 0) is 57.5 Å². The predicted octanol–water partition coefficient (Wildman–Crippen LogP) is 3.72. The molecule has 0 fully saturated rings. The molecule has 31 heavy (non-hydrogen) atoms. The van der Waals surface area contributed by atoms with Crippen molar-refractivity contribution in [2.75, 3.05) is 5.32 Å². The molecule has 0 atom stereocenters. The molecule has 2 aromatic heterocycles. The van der Waals surface area contributed by atoms with E-state index in [1.807, 2.05) is 33.8 Å². The van der Waals surface area contributed by atoms with Gasteiger partial charge in [-0.1, -0.05) is 5.21 Å². The lowest BCUT2D eigenvalue weighted by molar-refractivity contribution is -0.141. The van der Waals surface area contributed by atoms with Crippen LogP contribution in [-0.2, 0) is 17.5 Å². The molecule has 11 heteroatoms. The summed E-state index contributed by atoms with van der Waals surface area (Å²) in [5.41, 5.74) is 1.14. The summed E-state index contributed by atoms with van der Waals surface area (Å²) in [6.45, 7) is 7.50. The normalized spacial score (nSPS) is 12.0. The molecule has 8 nitrogen and oxygen atoms in total. The van der Waals surface area contributed by atoms with Crippen molar-refractivity contribution in [3.05, 3.63) is 47.9 Å². The molecule has 3 aromatic rings. The number of carbonyl (C=O) groups excluding carboxylic acids is 1. The van der Waals surface area contributed by atoms with Gasteiger partial charge in [-0.2, -0.15) is 13.2 Å². The Morgan fingerprint density at radius 2 is 1.90 bits per heavy atom. The van der Waals surface area contributed by atoms with Gasteiger partial charge in [0.1, 0.15) is 17.9 Å². The first kappa shape index (κ1) is 22.2. The van der Waals surface area contributed by atoms with Gasteiger partial charge in [0.05, 0.1) is 6.20 Å². The van der Waals surface area contributed by atoms with Crippen LogP contribution >= 0.6 is 0 Å². The van der Waals surface area contributed by atoms with Crippen molar-refractivity contribution >= 4 is 17.5 Å². The summed E-state index contributed by atoms with van der Waals surface area (Å²) in [5.74, 6) is -0.369. The molecule has 164 valence electrons. The topological polar surface area (TPSA) is 97.6 Å². The highest BCUT2D eigenvalue weighted by molar-refractivity contribution is 5.76. The van der Waals surface area contributed by atoms with Gasteiger partial charge in [0.2, 0.25) is 11.9 Å². The number of nitrogens with one attached hydrogen (secondary N) is 2. The molecule has 0 radical (unpaired) electrons. The van der Waals surface area contributed by atoms with Crippen LogP contribution in [0.3, 0.4) is 0 Å². The molecule has 0 bridgehead atoms. The molecule has 0 saturated heterocycles. The van der Waals surface area contributed by atoms with Gasteiger partial charge >= 0.3 is 6.18 Å². The van der Waals surface area contributed by atoms with Crippen LogP contribution in [0.15, 0.2) is 36.7 Å². The van der Waals surface area contributed by atoms with Gasteiger partial charge in [-0.3, -0.25) is 4.79 Å². The van der Waals surface area contributed by atoms with Crippen LogP contribution in [0.5, 0.6) is 0 Å². The Morgan fingerprint density at radius 1 is 1.16 bits per heavy atom. The molecular formula is C20H22F3N7O. The Kier molecular flexibility index (Phi) is 5.96. The Labute approximate surface area is 176 Å². The van der Waals surface area contributed by atoms with Crippen LogP contribution in [-0.4, -0.2) is 36.4 Å². The molecule has 1 amide bonds. The summed E-state index contributed by atoms with van der Waals surface area (Å²) in [7, 11) is 0. The van der Waals surface area contributed by atoms with E-state index in [2.05, 4.69) is 30.9 Å². The fourth-order valence-electron chi connectivity index (χ4n) is 2.82. The predicted molar refractivity (Wildman–Crippen MR) is 108 cm³/mol. The van der Waals surface area contributed by atoms with E-state index in [1.165, 1.54) is 4.68 Å². The molecule has 3 rings (SSSR count). The Morgan fingerprint density at radius 3 is 2.58 bits per heavy atom. The molecule has 2 heterocycles. The standard InChI is InChI=1S/C20H22F3N7O/c1-12-7-13(15-10-30(29-28-15)11-17(31)27-19(2,3)4)9-14(8-12)25-18-24-6-5-16(26-18)20(21,22)23/h5-10H,11H2,1-4H3,(H,27,31)(H,24,25,26). The van der Waals surface area contributed by atoms with Crippen LogP contribution in [0.4, 0.5) is 24.8 Å². The maximum absolute atomic E-state index is 12.9. The van der Waals surface area contributed by atoms with E-state index in [-0.39, 0.29) is 23.9 Å². The SMILES string of the molecule is Cc1cc(Nc2nccc(C(F)(F)F)n2)cc(-c2cn(CC(=O)NC(C)(C)C)nn2)c1. The second-order valence-corrected chi connectivity index (χ2v) is 8.08. The first-order chi connectivity index (χ1) is 14.4. The zero-order chi connectivity index (χ0) is 22.8. The van der Waals surface area contributed by atoms with Crippen molar-refractivity contribution in [1.29, 1.82) is 0 Å². The molecule has 0 spiro atoms. The van der Waals surface area contributed by atoms with E-state index in [0.29, 0.717) is 16.9 Å². The van der Waals surface area contributed by atoms with E-state index in [1.54, 1.807) is 18.3 Å². The largest absolute Gasteiger partial charge is 0.433 e. The maximum atomic E-state index is 12.9. The van der Waals surface area contributed by atoms with E-state index in [4.69, 9.17) is 0 Å². The Bertz CT molecular complexity index is 1090. The summed E-state index contributed by atoms with van der Waals surface area (Å²) in [5, 5.41) is 13.7. The third kappa shape index (κ3) is 6.24. The van der Waals surface area contributed by atoms with E-state index >= 15 is 0 Å². The molecular weight excluding hydrogens is 411 g/mol. The summed E-state index contributed by atoms with van der Waals surface area (Å²) in [4.78, 5) is 19.4. The number of benzene rings is 1. The number of halogens is 3. The summed E-state index contributed by atoms with van der Waals surface area (Å²) in [6.07, 6.45) is -1.89.